The highest BCUT2D eigenvalue weighted by Gasteiger charge is 2.35. The lowest BCUT2D eigenvalue weighted by atomic mass is 10.0. The predicted octanol–water partition coefficient (Wildman–Crippen LogP) is 5.53. The van der Waals surface area contributed by atoms with E-state index >= 15 is 0 Å². The van der Waals surface area contributed by atoms with Gasteiger partial charge in [0.2, 0.25) is 5.88 Å². The molecule has 0 saturated heterocycles. The van der Waals surface area contributed by atoms with E-state index in [2.05, 4.69) is 32.1 Å². The Morgan fingerprint density at radius 3 is 2.56 bits per heavy atom. The van der Waals surface area contributed by atoms with Gasteiger partial charge in [0.1, 0.15) is 17.2 Å². The molecule has 3 rings (SSSR count). The van der Waals surface area contributed by atoms with E-state index in [0.29, 0.717) is 22.9 Å². The Hall–Kier alpha value is -3.99. The third kappa shape index (κ3) is 6.29. The number of anilines is 2. The minimum Gasteiger partial charge on any atom is -0.439 e. The summed E-state index contributed by atoms with van der Waals surface area (Å²) in [7, 11) is 0. The minimum atomic E-state index is -4.65. The van der Waals surface area contributed by atoms with Gasteiger partial charge in [-0.15, -0.1) is 0 Å². The molecular formula is C23H23F3N6O2. The molecule has 0 amide bonds. The summed E-state index contributed by atoms with van der Waals surface area (Å²) in [4.78, 5) is 11.9. The lowest BCUT2D eigenvalue weighted by Crippen LogP contribution is -2.17. The number of hydrogen-bond donors (Lipinski definition) is 2. The van der Waals surface area contributed by atoms with Gasteiger partial charge in [-0.3, -0.25) is 9.98 Å². The molecule has 3 aromatic rings. The van der Waals surface area contributed by atoms with Gasteiger partial charge in [-0.1, -0.05) is 0 Å². The number of rotatable bonds is 8. The lowest BCUT2D eigenvalue weighted by Gasteiger charge is -2.17. The molecule has 0 aliphatic carbocycles. The molecule has 3 heterocycles. The predicted molar refractivity (Wildman–Crippen MR) is 123 cm³/mol. The third-order valence-corrected chi connectivity index (χ3v) is 4.44. The molecular weight excluding hydrogens is 449 g/mol. The van der Waals surface area contributed by atoms with Crippen LogP contribution >= 0.6 is 0 Å². The van der Waals surface area contributed by atoms with E-state index in [0.717, 1.165) is 10.7 Å². The van der Waals surface area contributed by atoms with Crippen LogP contribution in [0.3, 0.4) is 0 Å². The maximum Gasteiger partial charge on any atom is 0.435 e. The van der Waals surface area contributed by atoms with Crippen molar-refractivity contribution in [3.8, 4) is 11.6 Å². The molecule has 0 unspecified atom stereocenters. The number of aliphatic imine (C=N–C) groups is 1. The summed E-state index contributed by atoms with van der Waals surface area (Å²) >= 11 is 0. The minimum absolute atomic E-state index is 0.133. The van der Waals surface area contributed by atoms with E-state index in [1.165, 1.54) is 36.7 Å². The SMILES string of the molecule is C=N/C=C\C=C(/C)n1nc(C(F)(F)F)cc1Oc1ccnc(Nc2ccnc(C(C)(C)O)c2)c1. The summed E-state index contributed by atoms with van der Waals surface area (Å²) in [5, 5.41) is 16.9. The molecule has 0 fully saturated rings. The normalized spacial score (nSPS) is 12.7. The Morgan fingerprint density at radius 2 is 1.88 bits per heavy atom. The van der Waals surface area contributed by atoms with Gasteiger partial charge >= 0.3 is 6.18 Å². The maximum atomic E-state index is 13.3. The Kier molecular flexibility index (Phi) is 7.16. The molecule has 0 radical (unpaired) electrons. The average Bonchev–Trinajstić information content (AvgIpc) is 3.18. The van der Waals surface area contributed by atoms with Crippen molar-refractivity contribution >= 4 is 23.9 Å². The van der Waals surface area contributed by atoms with Crippen LogP contribution in [0.25, 0.3) is 5.70 Å². The summed E-state index contributed by atoms with van der Waals surface area (Å²) in [6.45, 7) is 8.12. The molecule has 8 nitrogen and oxygen atoms in total. The summed E-state index contributed by atoms with van der Waals surface area (Å²) in [6, 6.07) is 7.20. The summed E-state index contributed by atoms with van der Waals surface area (Å²) in [6.07, 6.45) is 2.78. The van der Waals surface area contributed by atoms with E-state index in [1.807, 2.05) is 0 Å². The van der Waals surface area contributed by atoms with Gasteiger partial charge in [-0.2, -0.15) is 18.3 Å². The van der Waals surface area contributed by atoms with Gasteiger partial charge in [0.25, 0.3) is 0 Å². The van der Waals surface area contributed by atoms with E-state index in [-0.39, 0.29) is 11.6 Å². The lowest BCUT2D eigenvalue weighted by molar-refractivity contribution is -0.141. The Labute approximate surface area is 194 Å². The van der Waals surface area contributed by atoms with Crippen molar-refractivity contribution in [3.63, 3.8) is 0 Å². The van der Waals surface area contributed by atoms with Crippen LogP contribution in [0.1, 0.15) is 32.2 Å². The highest BCUT2D eigenvalue weighted by atomic mass is 19.4. The molecule has 3 aromatic heterocycles. The van der Waals surface area contributed by atoms with Gasteiger partial charge in [0.15, 0.2) is 5.69 Å². The largest absolute Gasteiger partial charge is 0.439 e. The molecule has 2 N–H and O–H groups in total. The first-order valence-electron chi connectivity index (χ1n) is 10.0. The summed E-state index contributed by atoms with van der Waals surface area (Å²) in [5.74, 6) is 0.478. The van der Waals surface area contributed by atoms with Crippen LogP contribution in [-0.4, -0.2) is 31.6 Å². The number of hydrogen-bond acceptors (Lipinski definition) is 7. The standard InChI is InChI=1S/C23H23F3N6O2/c1-15(6-5-9-27-4)32-21(14-19(31-32)23(24,25)26)34-17-8-11-29-20(13-17)30-16-7-10-28-18(12-16)22(2,3)33/h5-14,33H,4H2,1-3H3,(H,28,29,30)/b9-5-,15-6+. The number of halogens is 3. The second-order valence-corrected chi connectivity index (χ2v) is 7.70. The van der Waals surface area contributed by atoms with E-state index in [9.17, 15) is 18.3 Å². The van der Waals surface area contributed by atoms with Crippen molar-refractivity contribution in [2.45, 2.75) is 32.5 Å². The summed E-state index contributed by atoms with van der Waals surface area (Å²) in [5.41, 5.74) is -0.787. The van der Waals surface area contributed by atoms with Gasteiger partial charge < -0.3 is 15.2 Å². The van der Waals surface area contributed by atoms with Gasteiger partial charge in [-0.25, -0.2) is 9.67 Å². The molecule has 178 valence electrons. The summed E-state index contributed by atoms with van der Waals surface area (Å²) < 4.78 is 46.6. The Balaban J connectivity index is 1.90. The van der Waals surface area contributed by atoms with Crippen LogP contribution in [-0.2, 0) is 11.8 Å². The number of nitrogens with one attached hydrogen (secondary N) is 1. The van der Waals surface area contributed by atoms with E-state index in [1.54, 1.807) is 39.1 Å². The average molecular weight is 472 g/mol. The number of aliphatic hydroxyl groups is 1. The second kappa shape index (κ2) is 9.87. The molecule has 0 aliphatic heterocycles. The Morgan fingerprint density at radius 1 is 1.15 bits per heavy atom. The van der Waals surface area contributed by atoms with Crippen LogP contribution < -0.4 is 10.1 Å². The fourth-order valence-electron chi connectivity index (χ4n) is 2.80. The smallest absolute Gasteiger partial charge is 0.435 e. The van der Waals surface area contributed by atoms with E-state index < -0.39 is 17.5 Å². The van der Waals surface area contributed by atoms with Crippen LogP contribution in [0.15, 0.2) is 66.1 Å². The number of ether oxygens (including phenoxy) is 1. The molecule has 0 aliphatic rings. The quantitative estimate of drug-likeness (QED) is 0.331. The van der Waals surface area contributed by atoms with Gasteiger partial charge in [0.05, 0.1) is 5.69 Å². The highest BCUT2D eigenvalue weighted by molar-refractivity contribution is 5.58. The van der Waals surface area contributed by atoms with Crippen LogP contribution in [0, 0.1) is 0 Å². The maximum absolute atomic E-state index is 13.3. The second-order valence-electron chi connectivity index (χ2n) is 7.70. The van der Waals surface area contributed by atoms with Gasteiger partial charge in [0, 0.05) is 42.1 Å². The molecule has 0 aromatic carbocycles. The number of alkyl halides is 3. The number of aromatic nitrogens is 4. The zero-order valence-electron chi connectivity index (χ0n) is 18.7. The number of nitrogens with zero attached hydrogens (tertiary/aromatic N) is 5. The fourth-order valence-corrected chi connectivity index (χ4v) is 2.80. The first-order chi connectivity index (χ1) is 16.0. The van der Waals surface area contributed by atoms with Crippen molar-refractivity contribution in [1.82, 2.24) is 19.7 Å². The number of pyridine rings is 2. The van der Waals surface area contributed by atoms with Crippen LogP contribution in [0.5, 0.6) is 11.6 Å². The monoisotopic (exact) mass is 472 g/mol. The van der Waals surface area contributed by atoms with Crippen molar-refractivity contribution in [2.24, 2.45) is 4.99 Å². The third-order valence-electron chi connectivity index (χ3n) is 4.44. The molecule has 34 heavy (non-hydrogen) atoms. The van der Waals surface area contributed by atoms with Crippen molar-refractivity contribution in [1.29, 1.82) is 0 Å². The first kappa shape index (κ1) is 24.6. The van der Waals surface area contributed by atoms with Crippen molar-refractivity contribution in [3.05, 3.63) is 72.5 Å². The van der Waals surface area contributed by atoms with Crippen LogP contribution in [0.2, 0.25) is 0 Å². The first-order valence-corrected chi connectivity index (χ1v) is 10.0. The zero-order valence-corrected chi connectivity index (χ0v) is 18.7. The molecule has 0 bridgehead atoms. The molecule has 0 spiro atoms. The zero-order chi connectivity index (χ0) is 24.9. The van der Waals surface area contributed by atoms with Gasteiger partial charge in [-0.05, 0) is 57.8 Å². The van der Waals surface area contributed by atoms with E-state index in [4.69, 9.17) is 4.74 Å². The molecule has 11 heteroatoms. The molecule has 0 atom stereocenters. The molecule has 0 saturated carbocycles. The topological polar surface area (TPSA) is 97.5 Å². The Bertz CT molecular complexity index is 1230. The number of allylic oxidation sites excluding steroid dienone is 3. The van der Waals surface area contributed by atoms with Crippen LogP contribution in [0.4, 0.5) is 24.7 Å². The highest BCUT2D eigenvalue weighted by Crippen LogP contribution is 2.34. The van der Waals surface area contributed by atoms with Crippen molar-refractivity contribution in [2.75, 3.05) is 5.32 Å². The van der Waals surface area contributed by atoms with Crippen molar-refractivity contribution < 1.29 is 23.0 Å². The fraction of sp³-hybridized carbons (Fsp3) is 0.217.